The van der Waals surface area contributed by atoms with E-state index < -0.39 is 17.2 Å². The largest absolute Gasteiger partial charge is 0.321 e. The summed E-state index contributed by atoms with van der Waals surface area (Å²) in [5.41, 5.74) is 6.15. The number of hydrogen-bond donors (Lipinski definition) is 1. The van der Waals surface area contributed by atoms with Gasteiger partial charge in [-0.3, -0.25) is 0 Å². The third-order valence-corrected chi connectivity index (χ3v) is 4.32. The highest BCUT2D eigenvalue weighted by Crippen LogP contribution is 2.38. The van der Waals surface area contributed by atoms with E-state index in [4.69, 9.17) is 5.73 Å². The van der Waals surface area contributed by atoms with E-state index in [1.54, 1.807) is 6.26 Å². The van der Waals surface area contributed by atoms with Gasteiger partial charge in [-0.2, -0.15) is 0 Å². The van der Waals surface area contributed by atoms with E-state index >= 15 is 0 Å². The van der Waals surface area contributed by atoms with Gasteiger partial charge in [0.1, 0.15) is 11.6 Å². The molecule has 0 atom stereocenters. The molecule has 0 heterocycles. The zero-order valence-electron chi connectivity index (χ0n) is 9.93. The van der Waals surface area contributed by atoms with Crippen LogP contribution in [0.15, 0.2) is 17.0 Å². The molecule has 0 aliphatic heterocycles. The maximum absolute atomic E-state index is 14.2. The smallest absolute Gasteiger partial charge is 0.144 e. The van der Waals surface area contributed by atoms with Crippen LogP contribution in [0.3, 0.4) is 0 Å². The van der Waals surface area contributed by atoms with Gasteiger partial charge in [-0.1, -0.05) is 25.3 Å². The lowest BCUT2D eigenvalue weighted by Crippen LogP contribution is -2.39. The summed E-state index contributed by atoms with van der Waals surface area (Å²) in [6.07, 6.45) is 6.42. The van der Waals surface area contributed by atoms with Crippen LogP contribution in [-0.4, -0.2) is 6.26 Å². The molecule has 17 heavy (non-hydrogen) atoms. The van der Waals surface area contributed by atoms with Gasteiger partial charge in [-0.05, 0) is 25.2 Å². The van der Waals surface area contributed by atoms with Crippen molar-refractivity contribution in [1.29, 1.82) is 0 Å². The summed E-state index contributed by atoms with van der Waals surface area (Å²) in [6, 6.07) is 2.84. The molecule has 0 unspecified atom stereocenters. The molecular weight excluding hydrogens is 240 g/mol. The molecule has 4 heteroatoms. The molecule has 1 fully saturated rings. The van der Waals surface area contributed by atoms with Gasteiger partial charge in [0.2, 0.25) is 0 Å². The first kappa shape index (κ1) is 12.8. The van der Waals surface area contributed by atoms with Gasteiger partial charge in [0, 0.05) is 11.1 Å². The molecule has 0 saturated heterocycles. The van der Waals surface area contributed by atoms with Gasteiger partial charge in [0.25, 0.3) is 0 Å². The third-order valence-electron chi connectivity index (χ3n) is 3.54. The summed E-state index contributed by atoms with van der Waals surface area (Å²) in [4.78, 5) is 0.0814. The average Bonchev–Trinajstić information content (AvgIpc) is 2.30. The number of nitrogens with two attached hydrogens (primary N) is 1. The molecule has 2 N–H and O–H groups in total. The maximum atomic E-state index is 14.2. The fourth-order valence-electron chi connectivity index (χ4n) is 2.56. The SMILES string of the molecule is CSc1c(F)ccc(C2(N)CCCCC2)c1F. The minimum atomic E-state index is -0.611. The predicted molar refractivity (Wildman–Crippen MR) is 67.1 cm³/mol. The number of hydrogen-bond acceptors (Lipinski definition) is 2. The number of thioether (sulfide) groups is 1. The molecule has 0 bridgehead atoms. The van der Waals surface area contributed by atoms with Crippen LogP contribution >= 0.6 is 11.8 Å². The number of halogens is 2. The Morgan fingerprint density at radius 3 is 2.41 bits per heavy atom. The van der Waals surface area contributed by atoms with E-state index in [-0.39, 0.29) is 4.90 Å². The molecule has 2 rings (SSSR count). The van der Waals surface area contributed by atoms with E-state index in [1.165, 1.54) is 12.1 Å². The second kappa shape index (κ2) is 4.94. The minimum Gasteiger partial charge on any atom is -0.321 e. The summed E-state index contributed by atoms with van der Waals surface area (Å²) in [7, 11) is 0. The van der Waals surface area contributed by atoms with Gasteiger partial charge < -0.3 is 5.73 Å². The molecule has 1 nitrogen and oxygen atoms in total. The van der Waals surface area contributed by atoms with Crippen LogP contribution in [0.1, 0.15) is 37.7 Å². The van der Waals surface area contributed by atoms with Crippen molar-refractivity contribution in [3.05, 3.63) is 29.3 Å². The molecule has 1 saturated carbocycles. The van der Waals surface area contributed by atoms with E-state index in [0.717, 1.165) is 43.9 Å². The molecular formula is C13H17F2NS. The van der Waals surface area contributed by atoms with Gasteiger partial charge in [-0.25, -0.2) is 8.78 Å². The van der Waals surface area contributed by atoms with Crippen molar-refractivity contribution in [3.63, 3.8) is 0 Å². The summed E-state index contributed by atoms with van der Waals surface area (Å²) in [5.74, 6) is -0.972. The highest BCUT2D eigenvalue weighted by Gasteiger charge is 2.33. The van der Waals surface area contributed by atoms with E-state index in [2.05, 4.69) is 0 Å². The average molecular weight is 257 g/mol. The van der Waals surface area contributed by atoms with Gasteiger partial charge in [0.15, 0.2) is 0 Å². The fourth-order valence-corrected chi connectivity index (χ4v) is 3.11. The van der Waals surface area contributed by atoms with Crippen LogP contribution in [0, 0.1) is 11.6 Å². The third kappa shape index (κ3) is 2.33. The van der Waals surface area contributed by atoms with Crippen LogP contribution in [0.2, 0.25) is 0 Å². The highest BCUT2D eigenvalue weighted by atomic mass is 32.2. The molecule has 0 aromatic heterocycles. The van der Waals surface area contributed by atoms with Crippen molar-refractivity contribution >= 4 is 11.8 Å². The molecule has 1 aliphatic carbocycles. The zero-order chi connectivity index (χ0) is 12.5. The Bertz CT molecular complexity index is 414. The molecule has 1 aromatic carbocycles. The van der Waals surface area contributed by atoms with Crippen molar-refractivity contribution in [2.45, 2.75) is 42.5 Å². The van der Waals surface area contributed by atoms with E-state index in [0.29, 0.717) is 5.56 Å². The lowest BCUT2D eigenvalue weighted by Gasteiger charge is -2.34. The number of rotatable bonds is 2. The normalized spacial score (nSPS) is 19.3. The second-order valence-electron chi connectivity index (χ2n) is 4.66. The lowest BCUT2D eigenvalue weighted by atomic mass is 9.77. The summed E-state index contributed by atoms with van der Waals surface area (Å²) in [6.45, 7) is 0. The van der Waals surface area contributed by atoms with E-state index in [9.17, 15) is 8.78 Å². The maximum Gasteiger partial charge on any atom is 0.144 e. The Labute approximate surface area is 105 Å². The van der Waals surface area contributed by atoms with Crippen molar-refractivity contribution in [2.75, 3.05) is 6.26 Å². The molecule has 0 amide bonds. The highest BCUT2D eigenvalue weighted by molar-refractivity contribution is 7.98. The topological polar surface area (TPSA) is 26.0 Å². The van der Waals surface area contributed by atoms with Crippen molar-refractivity contribution in [1.82, 2.24) is 0 Å². The van der Waals surface area contributed by atoms with E-state index in [1.807, 2.05) is 0 Å². The predicted octanol–water partition coefficient (Wildman–Crippen LogP) is 3.80. The molecule has 1 aliphatic rings. The minimum absolute atomic E-state index is 0.0814. The zero-order valence-corrected chi connectivity index (χ0v) is 10.7. The molecule has 1 aromatic rings. The standard InChI is InChI=1S/C13H17F2NS/c1-17-12-10(14)6-5-9(11(12)15)13(16)7-3-2-4-8-13/h5-6H,2-4,7-8,16H2,1H3. The second-order valence-corrected chi connectivity index (χ2v) is 5.48. The van der Waals surface area contributed by atoms with Crippen molar-refractivity contribution in [2.24, 2.45) is 5.73 Å². The van der Waals surface area contributed by atoms with Gasteiger partial charge in [0.05, 0.1) is 4.90 Å². The van der Waals surface area contributed by atoms with Crippen LogP contribution < -0.4 is 5.73 Å². The van der Waals surface area contributed by atoms with Crippen molar-refractivity contribution in [3.8, 4) is 0 Å². The molecule has 94 valence electrons. The Morgan fingerprint density at radius 1 is 1.18 bits per heavy atom. The first-order valence-corrected chi connectivity index (χ1v) is 7.12. The number of benzene rings is 1. The lowest BCUT2D eigenvalue weighted by molar-refractivity contribution is 0.290. The van der Waals surface area contributed by atoms with Crippen LogP contribution in [0.4, 0.5) is 8.78 Å². The Morgan fingerprint density at radius 2 is 1.82 bits per heavy atom. The molecule has 0 radical (unpaired) electrons. The summed E-state index contributed by atoms with van der Waals surface area (Å²) in [5, 5.41) is 0. The first-order valence-electron chi connectivity index (χ1n) is 5.90. The summed E-state index contributed by atoms with van der Waals surface area (Å²) < 4.78 is 27.6. The van der Waals surface area contributed by atoms with Crippen LogP contribution in [-0.2, 0) is 5.54 Å². The van der Waals surface area contributed by atoms with Crippen LogP contribution in [0.5, 0.6) is 0 Å². The Hall–Kier alpha value is -0.610. The van der Waals surface area contributed by atoms with Gasteiger partial charge in [-0.15, -0.1) is 11.8 Å². The monoisotopic (exact) mass is 257 g/mol. The van der Waals surface area contributed by atoms with Gasteiger partial charge >= 0.3 is 0 Å². The first-order chi connectivity index (χ1) is 8.08. The summed E-state index contributed by atoms with van der Waals surface area (Å²) >= 11 is 1.09. The Balaban J connectivity index is 2.44. The quantitative estimate of drug-likeness (QED) is 0.815. The van der Waals surface area contributed by atoms with Crippen molar-refractivity contribution < 1.29 is 8.78 Å². The van der Waals surface area contributed by atoms with Crippen LogP contribution in [0.25, 0.3) is 0 Å². The Kier molecular flexibility index (Phi) is 3.73. The molecule has 0 spiro atoms. The fraction of sp³-hybridized carbons (Fsp3) is 0.538.